The van der Waals surface area contributed by atoms with Gasteiger partial charge in [0.1, 0.15) is 5.78 Å². The van der Waals surface area contributed by atoms with E-state index in [2.05, 4.69) is 0 Å². The first-order valence-corrected chi connectivity index (χ1v) is 4.64. The molecule has 0 aromatic heterocycles. The van der Waals surface area contributed by atoms with Gasteiger partial charge < -0.3 is 4.74 Å². The minimum Gasteiger partial charge on any atom is -0.383 e. The zero-order valence-corrected chi connectivity index (χ0v) is 8.25. The van der Waals surface area contributed by atoms with Gasteiger partial charge in [-0.15, -0.1) is 0 Å². The molecule has 0 bridgehead atoms. The molecule has 1 aliphatic rings. The van der Waals surface area contributed by atoms with Crippen molar-refractivity contribution in [2.24, 2.45) is 5.41 Å². The van der Waals surface area contributed by atoms with Gasteiger partial charge in [0.15, 0.2) is 0 Å². The van der Waals surface area contributed by atoms with Gasteiger partial charge >= 0.3 is 0 Å². The maximum atomic E-state index is 11.8. The van der Waals surface area contributed by atoms with Crippen LogP contribution in [0.15, 0.2) is 24.3 Å². The fraction of sp³-hybridized carbons (Fsp3) is 0.545. The molecule has 72 valence electrons. The van der Waals surface area contributed by atoms with Crippen molar-refractivity contribution in [3.63, 3.8) is 0 Å². The van der Waals surface area contributed by atoms with Crippen molar-refractivity contribution in [2.45, 2.75) is 19.8 Å². The number of allylic oxidation sites excluding steroid dienone is 2. The number of hydrogen-bond donors (Lipinski definition) is 0. The van der Waals surface area contributed by atoms with E-state index in [4.69, 9.17) is 4.74 Å². The van der Waals surface area contributed by atoms with Crippen molar-refractivity contribution < 1.29 is 9.53 Å². The molecule has 0 aromatic carbocycles. The highest BCUT2D eigenvalue weighted by Gasteiger charge is 2.33. The third-order valence-corrected chi connectivity index (χ3v) is 2.28. The lowest BCUT2D eigenvalue weighted by Crippen LogP contribution is -2.30. The Kier molecular flexibility index (Phi) is 3.43. The second-order valence-electron chi connectivity index (χ2n) is 3.36. The normalized spacial score (nSPS) is 18.0. The molecule has 0 spiro atoms. The number of methoxy groups -OCH3 is 1. The molecule has 0 heterocycles. The Morgan fingerprint density at radius 1 is 1.38 bits per heavy atom. The van der Waals surface area contributed by atoms with E-state index >= 15 is 0 Å². The summed E-state index contributed by atoms with van der Waals surface area (Å²) in [6.07, 6.45) is 9.19. The standard InChI is InChI=1S/C11H16O2/c1-3-6-10(12)11(9-13-2)7-4-5-8-11/h4-5,7-8H,3,6,9H2,1-2H3. The second-order valence-corrected chi connectivity index (χ2v) is 3.36. The Bertz CT molecular complexity index is 226. The number of ketones is 1. The summed E-state index contributed by atoms with van der Waals surface area (Å²) in [6.45, 7) is 2.47. The molecule has 2 nitrogen and oxygen atoms in total. The van der Waals surface area contributed by atoms with Crippen LogP contribution in [0.2, 0.25) is 0 Å². The van der Waals surface area contributed by atoms with E-state index in [-0.39, 0.29) is 5.78 Å². The van der Waals surface area contributed by atoms with Crippen molar-refractivity contribution in [2.75, 3.05) is 13.7 Å². The predicted octanol–water partition coefficient (Wildman–Crippen LogP) is 2.11. The van der Waals surface area contributed by atoms with Crippen LogP contribution in [0.5, 0.6) is 0 Å². The number of rotatable bonds is 5. The summed E-state index contributed by atoms with van der Waals surface area (Å²) in [7, 11) is 1.63. The third kappa shape index (κ3) is 2.07. The topological polar surface area (TPSA) is 26.3 Å². The van der Waals surface area contributed by atoms with Gasteiger partial charge in [0.25, 0.3) is 0 Å². The number of carbonyl (C=O) groups excluding carboxylic acids is 1. The van der Waals surface area contributed by atoms with Crippen molar-refractivity contribution in [3.8, 4) is 0 Å². The Morgan fingerprint density at radius 2 is 2.00 bits per heavy atom. The SMILES string of the molecule is CCCC(=O)C1(COC)C=CC=C1. The summed E-state index contributed by atoms with van der Waals surface area (Å²) in [5.41, 5.74) is -0.467. The zero-order valence-electron chi connectivity index (χ0n) is 8.25. The maximum absolute atomic E-state index is 11.8. The molecule has 0 aromatic rings. The highest BCUT2D eigenvalue weighted by molar-refractivity contribution is 5.89. The van der Waals surface area contributed by atoms with Gasteiger partial charge in [0.05, 0.1) is 12.0 Å². The summed E-state index contributed by atoms with van der Waals surface area (Å²) in [5.74, 6) is 0.252. The van der Waals surface area contributed by atoms with Gasteiger partial charge in [-0.3, -0.25) is 4.79 Å². The van der Waals surface area contributed by atoms with Gasteiger partial charge in [0, 0.05) is 13.5 Å². The van der Waals surface area contributed by atoms with E-state index in [9.17, 15) is 4.79 Å². The Labute approximate surface area is 79.3 Å². The van der Waals surface area contributed by atoms with Crippen LogP contribution in [0, 0.1) is 5.41 Å². The third-order valence-electron chi connectivity index (χ3n) is 2.28. The van der Waals surface area contributed by atoms with Crippen molar-refractivity contribution in [3.05, 3.63) is 24.3 Å². The molecule has 13 heavy (non-hydrogen) atoms. The Balaban J connectivity index is 2.73. The smallest absolute Gasteiger partial charge is 0.148 e. The minimum atomic E-state index is -0.467. The van der Waals surface area contributed by atoms with E-state index in [1.54, 1.807) is 7.11 Å². The van der Waals surface area contributed by atoms with Gasteiger partial charge in [-0.1, -0.05) is 31.2 Å². The van der Waals surface area contributed by atoms with E-state index < -0.39 is 5.41 Å². The highest BCUT2D eigenvalue weighted by Crippen LogP contribution is 2.29. The first kappa shape index (κ1) is 10.2. The summed E-state index contributed by atoms with van der Waals surface area (Å²) in [5, 5.41) is 0. The van der Waals surface area contributed by atoms with Crippen molar-refractivity contribution >= 4 is 5.78 Å². The summed E-state index contributed by atoms with van der Waals surface area (Å²) < 4.78 is 5.07. The first-order valence-electron chi connectivity index (χ1n) is 4.64. The fourth-order valence-electron chi connectivity index (χ4n) is 1.57. The first-order chi connectivity index (χ1) is 6.25. The molecule has 0 N–H and O–H groups in total. The van der Waals surface area contributed by atoms with Crippen LogP contribution in [-0.2, 0) is 9.53 Å². The lowest BCUT2D eigenvalue weighted by Gasteiger charge is -2.22. The summed E-state index contributed by atoms with van der Waals surface area (Å²) in [4.78, 5) is 11.8. The molecule has 2 heteroatoms. The second kappa shape index (κ2) is 4.38. The molecular weight excluding hydrogens is 164 g/mol. The van der Waals surface area contributed by atoms with E-state index in [0.29, 0.717) is 13.0 Å². The highest BCUT2D eigenvalue weighted by atomic mass is 16.5. The van der Waals surface area contributed by atoms with Crippen LogP contribution in [0.1, 0.15) is 19.8 Å². The van der Waals surface area contributed by atoms with E-state index in [0.717, 1.165) is 6.42 Å². The molecule has 0 amide bonds. The van der Waals surface area contributed by atoms with Crippen LogP contribution >= 0.6 is 0 Å². The zero-order chi connectivity index (χ0) is 9.73. The van der Waals surface area contributed by atoms with Crippen LogP contribution in [0.4, 0.5) is 0 Å². The number of Topliss-reactive ketones (excluding diaryl/α,β-unsaturated/α-hetero) is 1. The molecule has 0 unspecified atom stereocenters. The Morgan fingerprint density at radius 3 is 2.46 bits per heavy atom. The molecule has 0 saturated carbocycles. The number of hydrogen-bond acceptors (Lipinski definition) is 2. The van der Waals surface area contributed by atoms with Gasteiger partial charge in [0.2, 0.25) is 0 Å². The van der Waals surface area contributed by atoms with Gasteiger partial charge in [-0.25, -0.2) is 0 Å². The maximum Gasteiger partial charge on any atom is 0.148 e. The molecule has 1 rings (SSSR count). The van der Waals surface area contributed by atoms with E-state index in [1.165, 1.54) is 0 Å². The molecule has 1 aliphatic carbocycles. The fourth-order valence-corrected chi connectivity index (χ4v) is 1.57. The summed E-state index contributed by atoms with van der Waals surface area (Å²) in [6, 6.07) is 0. The van der Waals surface area contributed by atoms with Crippen molar-refractivity contribution in [1.82, 2.24) is 0 Å². The van der Waals surface area contributed by atoms with Crippen LogP contribution in [-0.4, -0.2) is 19.5 Å². The predicted molar refractivity (Wildman–Crippen MR) is 52.5 cm³/mol. The quantitative estimate of drug-likeness (QED) is 0.647. The lowest BCUT2D eigenvalue weighted by atomic mass is 9.84. The van der Waals surface area contributed by atoms with E-state index in [1.807, 2.05) is 31.2 Å². The molecule has 0 atom stereocenters. The summed E-state index contributed by atoms with van der Waals surface area (Å²) >= 11 is 0. The Hall–Kier alpha value is -0.890. The largest absolute Gasteiger partial charge is 0.383 e. The van der Waals surface area contributed by atoms with Gasteiger partial charge in [-0.2, -0.15) is 0 Å². The average Bonchev–Trinajstić information content (AvgIpc) is 2.55. The minimum absolute atomic E-state index is 0.252. The molecule has 0 saturated heterocycles. The molecule has 0 fully saturated rings. The monoisotopic (exact) mass is 180 g/mol. The number of carbonyl (C=O) groups is 1. The van der Waals surface area contributed by atoms with Crippen LogP contribution in [0.25, 0.3) is 0 Å². The number of ether oxygens (including phenoxy) is 1. The molecule has 0 radical (unpaired) electrons. The van der Waals surface area contributed by atoms with Crippen LogP contribution < -0.4 is 0 Å². The average molecular weight is 180 g/mol. The molecular formula is C11H16O2. The van der Waals surface area contributed by atoms with Gasteiger partial charge in [-0.05, 0) is 6.42 Å². The molecule has 0 aliphatic heterocycles. The lowest BCUT2D eigenvalue weighted by molar-refractivity contribution is -0.126. The van der Waals surface area contributed by atoms with Crippen molar-refractivity contribution in [1.29, 1.82) is 0 Å². The van der Waals surface area contributed by atoms with Crippen LogP contribution in [0.3, 0.4) is 0 Å².